The normalized spacial score (nSPS) is 14.8. The molecule has 0 saturated heterocycles. The SMILES string of the molecule is NC(=O)c1ccc(-c2cnc(NCC3(c4ncccc4F)CCC3)nc2)c(F)c1. The largest absolute Gasteiger partial charge is 0.366 e. The molecule has 0 unspecified atom stereocenters. The van der Waals surface area contributed by atoms with Gasteiger partial charge in [-0.05, 0) is 37.1 Å². The summed E-state index contributed by atoms with van der Waals surface area (Å²) in [6, 6.07) is 7.01. The van der Waals surface area contributed by atoms with E-state index in [0.29, 0.717) is 23.8 Å². The lowest BCUT2D eigenvalue weighted by Gasteiger charge is -2.41. The van der Waals surface area contributed by atoms with Gasteiger partial charge in [0.2, 0.25) is 11.9 Å². The van der Waals surface area contributed by atoms with Gasteiger partial charge in [-0.1, -0.05) is 12.5 Å². The van der Waals surface area contributed by atoms with Crippen molar-refractivity contribution in [3.05, 3.63) is 71.8 Å². The number of nitrogens with one attached hydrogen (secondary N) is 1. The highest BCUT2D eigenvalue weighted by atomic mass is 19.1. The summed E-state index contributed by atoms with van der Waals surface area (Å²) in [6.07, 6.45) is 7.27. The maximum Gasteiger partial charge on any atom is 0.248 e. The van der Waals surface area contributed by atoms with E-state index in [1.807, 2.05) is 0 Å². The molecular weight excluding hydrogens is 376 g/mol. The van der Waals surface area contributed by atoms with Gasteiger partial charge in [0.15, 0.2) is 0 Å². The molecule has 4 rings (SSSR count). The van der Waals surface area contributed by atoms with E-state index in [-0.39, 0.29) is 22.4 Å². The molecule has 0 aliphatic heterocycles. The Kier molecular flexibility index (Phi) is 4.92. The molecule has 29 heavy (non-hydrogen) atoms. The van der Waals surface area contributed by atoms with E-state index < -0.39 is 11.7 Å². The second-order valence-electron chi connectivity index (χ2n) is 7.18. The molecule has 1 aliphatic rings. The summed E-state index contributed by atoms with van der Waals surface area (Å²) in [5.41, 5.74) is 6.09. The second kappa shape index (κ2) is 7.54. The van der Waals surface area contributed by atoms with Crippen molar-refractivity contribution in [3.8, 4) is 11.1 Å². The molecule has 3 N–H and O–H groups in total. The Labute approximate surface area is 166 Å². The van der Waals surface area contributed by atoms with Gasteiger partial charge in [-0.2, -0.15) is 0 Å². The lowest BCUT2D eigenvalue weighted by molar-refractivity contribution is 0.1000. The van der Waals surface area contributed by atoms with Crippen LogP contribution in [0.1, 0.15) is 35.3 Å². The van der Waals surface area contributed by atoms with Crippen LogP contribution in [0.5, 0.6) is 0 Å². The summed E-state index contributed by atoms with van der Waals surface area (Å²) < 4.78 is 28.5. The van der Waals surface area contributed by atoms with E-state index in [1.165, 1.54) is 30.6 Å². The van der Waals surface area contributed by atoms with Crippen molar-refractivity contribution in [2.75, 3.05) is 11.9 Å². The first-order valence-electron chi connectivity index (χ1n) is 9.25. The van der Waals surface area contributed by atoms with Gasteiger partial charge in [0, 0.05) is 47.2 Å². The first-order chi connectivity index (χ1) is 14.0. The zero-order valence-corrected chi connectivity index (χ0v) is 15.5. The summed E-state index contributed by atoms with van der Waals surface area (Å²) in [6.45, 7) is 0.460. The number of nitrogens with zero attached hydrogens (tertiary/aromatic N) is 3. The number of primary amides is 1. The molecule has 6 nitrogen and oxygen atoms in total. The molecular formula is C21H19F2N5O. The Bertz CT molecular complexity index is 1050. The zero-order chi connectivity index (χ0) is 20.4. The van der Waals surface area contributed by atoms with E-state index in [9.17, 15) is 13.6 Å². The fraction of sp³-hybridized carbons (Fsp3) is 0.238. The van der Waals surface area contributed by atoms with Crippen LogP contribution in [-0.2, 0) is 5.41 Å². The topological polar surface area (TPSA) is 93.8 Å². The summed E-state index contributed by atoms with van der Waals surface area (Å²) in [4.78, 5) is 23.9. The van der Waals surface area contributed by atoms with Crippen molar-refractivity contribution in [2.45, 2.75) is 24.7 Å². The monoisotopic (exact) mass is 395 g/mol. The second-order valence-corrected chi connectivity index (χ2v) is 7.18. The van der Waals surface area contributed by atoms with Crippen LogP contribution in [0.2, 0.25) is 0 Å². The van der Waals surface area contributed by atoms with Gasteiger partial charge in [-0.15, -0.1) is 0 Å². The molecule has 3 aromatic rings. The molecule has 1 fully saturated rings. The molecule has 1 amide bonds. The summed E-state index contributed by atoms with van der Waals surface area (Å²) >= 11 is 0. The molecule has 1 saturated carbocycles. The Morgan fingerprint density at radius 2 is 1.86 bits per heavy atom. The Balaban J connectivity index is 1.49. The van der Waals surface area contributed by atoms with E-state index in [0.717, 1.165) is 25.3 Å². The molecule has 2 heterocycles. The quantitative estimate of drug-likeness (QED) is 0.667. The van der Waals surface area contributed by atoms with Gasteiger partial charge in [-0.3, -0.25) is 9.78 Å². The number of aromatic nitrogens is 3. The average molecular weight is 395 g/mol. The number of halogens is 2. The van der Waals surface area contributed by atoms with E-state index in [4.69, 9.17) is 5.73 Å². The van der Waals surface area contributed by atoms with E-state index in [2.05, 4.69) is 20.3 Å². The van der Waals surface area contributed by atoms with Crippen LogP contribution < -0.4 is 11.1 Å². The maximum atomic E-state index is 14.3. The fourth-order valence-corrected chi connectivity index (χ4v) is 3.59. The van der Waals surface area contributed by atoms with Crippen molar-refractivity contribution < 1.29 is 13.6 Å². The summed E-state index contributed by atoms with van der Waals surface area (Å²) in [5.74, 6) is -1.21. The van der Waals surface area contributed by atoms with Crippen LogP contribution >= 0.6 is 0 Å². The highest BCUT2D eigenvalue weighted by Crippen LogP contribution is 2.43. The molecule has 0 radical (unpaired) electrons. The first kappa shape index (κ1) is 18.9. The summed E-state index contributed by atoms with van der Waals surface area (Å²) in [5, 5.41) is 3.15. The van der Waals surface area contributed by atoms with Crippen LogP contribution in [-0.4, -0.2) is 27.4 Å². The van der Waals surface area contributed by atoms with Gasteiger partial charge in [0.25, 0.3) is 0 Å². The Hall–Kier alpha value is -3.42. The van der Waals surface area contributed by atoms with Crippen LogP contribution in [0, 0.1) is 11.6 Å². The average Bonchev–Trinajstić information content (AvgIpc) is 2.69. The van der Waals surface area contributed by atoms with Crippen molar-refractivity contribution in [1.82, 2.24) is 15.0 Å². The Morgan fingerprint density at radius 1 is 1.10 bits per heavy atom. The van der Waals surface area contributed by atoms with Crippen molar-refractivity contribution in [3.63, 3.8) is 0 Å². The van der Waals surface area contributed by atoms with Crippen molar-refractivity contribution >= 4 is 11.9 Å². The lowest BCUT2D eigenvalue weighted by atomic mass is 9.66. The number of amides is 1. The van der Waals surface area contributed by atoms with E-state index >= 15 is 0 Å². The molecule has 0 atom stereocenters. The van der Waals surface area contributed by atoms with Gasteiger partial charge in [0.1, 0.15) is 11.6 Å². The number of benzene rings is 1. The number of hydrogen-bond acceptors (Lipinski definition) is 5. The minimum atomic E-state index is -0.694. The number of nitrogens with two attached hydrogens (primary N) is 1. The third-order valence-electron chi connectivity index (χ3n) is 5.37. The molecule has 1 aromatic carbocycles. The van der Waals surface area contributed by atoms with Crippen LogP contribution in [0.25, 0.3) is 11.1 Å². The van der Waals surface area contributed by atoms with Gasteiger partial charge >= 0.3 is 0 Å². The van der Waals surface area contributed by atoms with Gasteiger partial charge in [0.05, 0.1) is 5.69 Å². The van der Waals surface area contributed by atoms with Crippen LogP contribution in [0.15, 0.2) is 48.9 Å². The molecule has 148 valence electrons. The molecule has 1 aliphatic carbocycles. The predicted octanol–water partition coefficient (Wildman–Crippen LogP) is 3.45. The molecule has 8 heteroatoms. The number of rotatable bonds is 6. The smallest absolute Gasteiger partial charge is 0.248 e. The predicted molar refractivity (Wildman–Crippen MR) is 104 cm³/mol. The molecule has 0 bridgehead atoms. The van der Waals surface area contributed by atoms with Crippen molar-refractivity contribution in [1.29, 1.82) is 0 Å². The standard InChI is InChI=1S/C21H19F2N5O/c22-16-3-1-8-25-18(16)21(6-2-7-21)12-28-20-26-10-14(11-27-20)15-5-4-13(19(24)29)9-17(15)23/h1,3-5,8-11H,2,6-7,12H2,(H2,24,29)(H,26,27,28). The minimum absolute atomic E-state index is 0.0954. The van der Waals surface area contributed by atoms with Gasteiger partial charge < -0.3 is 11.1 Å². The highest BCUT2D eigenvalue weighted by Gasteiger charge is 2.41. The highest BCUT2D eigenvalue weighted by molar-refractivity contribution is 5.93. The first-order valence-corrected chi connectivity index (χ1v) is 9.25. The van der Waals surface area contributed by atoms with Gasteiger partial charge in [-0.25, -0.2) is 18.7 Å². The van der Waals surface area contributed by atoms with Crippen molar-refractivity contribution in [2.24, 2.45) is 5.73 Å². The van der Waals surface area contributed by atoms with Crippen LogP contribution in [0.4, 0.5) is 14.7 Å². The summed E-state index contributed by atoms with van der Waals surface area (Å²) in [7, 11) is 0. The molecule has 0 spiro atoms. The number of hydrogen-bond donors (Lipinski definition) is 2. The number of anilines is 1. The fourth-order valence-electron chi connectivity index (χ4n) is 3.59. The van der Waals surface area contributed by atoms with E-state index in [1.54, 1.807) is 12.3 Å². The third-order valence-corrected chi connectivity index (χ3v) is 5.37. The lowest BCUT2D eigenvalue weighted by Crippen LogP contribution is -2.42. The zero-order valence-electron chi connectivity index (χ0n) is 15.5. The third kappa shape index (κ3) is 3.65. The van der Waals surface area contributed by atoms with Crippen LogP contribution in [0.3, 0.4) is 0 Å². The number of carbonyl (C=O) groups is 1. The minimum Gasteiger partial charge on any atom is -0.366 e. The molecule has 2 aromatic heterocycles. The number of pyridine rings is 1. The Morgan fingerprint density at radius 3 is 2.45 bits per heavy atom. The maximum absolute atomic E-state index is 14.3. The number of carbonyl (C=O) groups excluding carboxylic acids is 1.